The van der Waals surface area contributed by atoms with Crippen LogP contribution in [0.5, 0.6) is 5.75 Å². The van der Waals surface area contributed by atoms with E-state index in [1.54, 1.807) is 31.3 Å². The van der Waals surface area contributed by atoms with Gasteiger partial charge in [0.05, 0.1) is 12.9 Å². The molecule has 1 rings (SSSR count). The molecule has 0 unspecified atom stereocenters. The molecule has 1 N–H and O–H groups in total. The lowest BCUT2D eigenvalue weighted by atomic mass is 10.2. The highest BCUT2D eigenvalue weighted by atomic mass is 32.2. The lowest BCUT2D eigenvalue weighted by molar-refractivity contribution is 0.0955. The van der Waals surface area contributed by atoms with E-state index < -0.39 is 10.0 Å². The zero-order chi connectivity index (χ0) is 16.6. The number of carbonyl (C=O) groups excluding carboxylic acids is 1. The van der Waals surface area contributed by atoms with Crippen molar-refractivity contribution in [1.29, 1.82) is 0 Å². The summed E-state index contributed by atoms with van der Waals surface area (Å²) in [4.78, 5) is 12.0. The van der Waals surface area contributed by atoms with E-state index in [1.807, 2.05) is 6.92 Å². The summed E-state index contributed by atoms with van der Waals surface area (Å²) >= 11 is 0. The van der Waals surface area contributed by atoms with E-state index in [9.17, 15) is 13.2 Å². The Morgan fingerprint density at radius 1 is 1.36 bits per heavy atom. The zero-order valence-electron chi connectivity index (χ0n) is 13.3. The second kappa shape index (κ2) is 8.75. The number of hydrogen-bond donors (Lipinski definition) is 1. The molecule has 0 atom stereocenters. The molecule has 22 heavy (non-hydrogen) atoms. The monoisotopic (exact) mass is 328 g/mol. The Bertz CT molecular complexity index is 587. The average molecular weight is 328 g/mol. The number of sulfonamides is 1. The Hall–Kier alpha value is -1.60. The molecule has 0 saturated carbocycles. The topological polar surface area (TPSA) is 75.7 Å². The summed E-state index contributed by atoms with van der Waals surface area (Å²) in [5.41, 5.74) is 0.441. The Balaban J connectivity index is 2.50. The van der Waals surface area contributed by atoms with Gasteiger partial charge in [-0.1, -0.05) is 19.4 Å². The van der Waals surface area contributed by atoms with E-state index in [0.717, 1.165) is 12.8 Å². The zero-order valence-corrected chi connectivity index (χ0v) is 14.1. The molecular formula is C15H24N2O4S. The number of benzene rings is 1. The fourth-order valence-electron chi connectivity index (χ4n) is 1.84. The van der Waals surface area contributed by atoms with Gasteiger partial charge in [-0.05, 0) is 24.6 Å². The van der Waals surface area contributed by atoms with Crippen LogP contribution >= 0.6 is 0 Å². The van der Waals surface area contributed by atoms with Crippen molar-refractivity contribution < 1.29 is 17.9 Å². The van der Waals surface area contributed by atoms with Crippen molar-refractivity contribution in [3.63, 3.8) is 0 Å². The molecule has 0 aliphatic heterocycles. The van der Waals surface area contributed by atoms with Gasteiger partial charge in [-0.3, -0.25) is 4.79 Å². The summed E-state index contributed by atoms with van der Waals surface area (Å²) in [5.74, 6) is 0.160. The van der Waals surface area contributed by atoms with Crippen molar-refractivity contribution in [2.45, 2.75) is 19.8 Å². The molecule has 0 aliphatic carbocycles. The van der Waals surface area contributed by atoms with E-state index in [1.165, 1.54) is 11.4 Å². The van der Waals surface area contributed by atoms with Crippen LogP contribution in [0.1, 0.15) is 30.1 Å². The molecule has 0 radical (unpaired) electrons. The first-order chi connectivity index (χ1) is 10.4. The number of nitrogens with zero attached hydrogens (tertiary/aromatic N) is 1. The molecule has 1 amide bonds. The predicted molar refractivity (Wildman–Crippen MR) is 86.7 cm³/mol. The van der Waals surface area contributed by atoms with Crippen LogP contribution in [0.2, 0.25) is 0 Å². The highest BCUT2D eigenvalue weighted by Gasteiger charge is 2.17. The standard InChI is InChI=1S/C15H24N2O4S/c1-4-5-10-17(2)22(19,20)11-9-16-15(18)13-7-6-8-14(12-13)21-3/h6-8,12H,4-5,9-11H2,1-3H3,(H,16,18). The second-order valence-electron chi connectivity index (χ2n) is 4.98. The number of rotatable bonds is 9. The van der Waals surface area contributed by atoms with Crippen molar-refractivity contribution in [3.05, 3.63) is 29.8 Å². The van der Waals surface area contributed by atoms with Crippen molar-refractivity contribution in [1.82, 2.24) is 9.62 Å². The predicted octanol–water partition coefficient (Wildman–Crippen LogP) is 1.49. The summed E-state index contributed by atoms with van der Waals surface area (Å²) in [7, 11) is -0.241. The molecule has 0 aromatic heterocycles. The van der Waals surface area contributed by atoms with E-state index in [0.29, 0.717) is 17.9 Å². The molecular weight excluding hydrogens is 304 g/mol. The first-order valence-corrected chi connectivity index (χ1v) is 8.88. The minimum Gasteiger partial charge on any atom is -0.497 e. The maximum Gasteiger partial charge on any atom is 0.251 e. The molecule has 124 valence electrons. The van der Waals surface area contributed by atoms with Gasteiger partial charge in [-0.2, -0.15) is 0 Å². The van der Waals surface area contributed by atoms with Gasteiger partial charge in [0, 0.05) is 25.7 Å². The van der Waals surface area contributed by atoms with Crippen molar-refractivity contribution in [2.24, 2.45) is 0 Å². The van der Waals surface area contributed by atoms with Crippen LogP contribution in [0.25, 0.3) is 0 Å². The minimum atomic E-state index is -3.33. The van der Waals surface area contributed by atoms with E-state index in [4.69, 9.17) is 4.74 Å². The second-order valence-corrected chi connectivity index (χ2v) is 7.17. The largest absolute Gasteiger partial charge is 0.497 e. The SMILES string of the molecule is CCCCN(C)S(=O)(=O)CCNC(=O)c1cccc(OC)c1. The quantitative estimate of drug-likeness (QED) is 0.745. The Labute approximate surface area is 132 Å². The molecule has 6 nitrogen and oxygen atoms in total. The molecule has 0 fully saturated rings. The van der Waals surface area contributed by atoms with Gasteiger partial charge in [0.25, 0.3) is 5.91 Å². The van der Waals surface area contributed by atoms with Crippen molar-refractivity contribution in [2.75, 3.05) is 33.0 Å². The third-order valence-electron chi connectivity index (χ3n) is 3.28. The number of ether oxygens (including phenoxy) is 1. The van der Waals surface area contributed by atoms with Crippen molar-refractivity contribution >= 4 is 15.9 Å². The first kappa shape index (κ1) is 18.4. The van der Waals surface area contributed by atoms with Crippen LogP contribution in [0, 0.1) is 0 Å². The van der Waals surface area contributed by atoms with Gasteiger partial charge >= 0.3 is 0 Å². The lowest BCUT2D eigenvalue weighted by Crippen LogP contribution is -2.36. The van der Waals surface area contributed by atoms with E-state index in [2.05, 4.69) is 5.32 Å². The molecule has 0 heterocycles. The average Bonchev–Trinajstić information content (AvgIpc) is 2.52. The highest BCUT2D eigenvalue weighted by Crippen LogP contribution is 2.12. The molecule has 1 aromatic rings. The maximum atomic E-state index is 12.0. The normalized spacial score (nSPS) is 11.5. The Morgan fingerprint density at radius 3 is 2.73 bits per heavy atom. The summed E-state index contributed by atoms with van der Waals surface area (Å²) < 4.78 is 30.4. The van der Waals surface area contributed by atoms with E-state index >= 15 is 0 Å². The smallest absolute Gasteiger partial charge is 0.251 e. The van der Waals surface area contributed by atoms with Crippen molar-refractivity contribution in [3.8, 4) is 5.75 Å². The summed E-state index contributed by atoms with van der Waals surface area (Å²) in [6, 6.07) is 6.71. The third kappa shape index (κ3) is 5.65. The van der Waals surface area contributed by atoms with Crippen LogP contribution in [-0.2, 0) is 10.0 Å². The fraction of sp³-hybridized carbons (Fsp3) is 0.533. The number of amides is 1. The molecule has 0 aliphatic rings. The maximum absolute atomic E-state index is 12.0. The molecule has 0 saturated heterocycles. The Morgan fingerprint density at radius 2 is 2.09 bits per heavy atom. The van der Waals surface area contributed by atoms with Crippen LogP contribution in [-0.4, -0.2) is 51.6 Å². The number of methoxy groups -OCH3 is 1. The summed E-state index contributed by atoms with van der Waals surface area (Å²) in [6.07, 6.45) is 1.76. The molecule has 0 bridgehead atoms. The van der Waals surface area contributed by atoms with Gasteiger partial charge in [-0.15, -0.1) is 0 Å². The van der Waals surface area contributed by atoms with Gasteiger partial charge in [0.1, 0.15) is 5.75 Å². The van der Waals surface area contributed by atoms with Crippen LogP contribution in [0.4, 0.5) is 0 Å². The van der Waals surface area contributed by atoms with Gasteiger partial charge in [0.15, 0.2) is 0 Å². The fourth-order valence-corrected chi connectivity index (χ4v) is 2.91. The van der Waals surface area contributed by atoms with Gasteiger partial charge in [0.2, 0.25) is 10.0 Å². The Kier molecular flexibility index (Phi) is 7.34. The van der Waals surface area contributed by atoms with E-state index in [-0.39, 0.29) is 18.2 Å². The van der Waals surface area contributed by atoms with Crippen LogP contribution in [0.15, 0.2) is 24.3 Å². The number of carbonyl (C=O) groups is 1. The third-order valence-corrected chi connectivity index (χ3v) is 5.13. The number of unbranched alkanes of at least 4 members (excludes halogenated alkanes) is 1. The number of nitrogens with one attached hydrogen (secondary N) is 1. The highest BCUT2D eigenvalue weighted by molar-refractivity contribution is 7.89. The lowest BCUT2D eigenvalue weighted by Gasteiger charge is -2.16. The molecule has 0 spiro atoms. The van der Waals surface area contributed by atoms with Gasteiger partial charge < -0.3 is 10.1 Å². The van der Waals surface area contributed by atoms with Gasteiger partial charge in [-0.25, -0.2) is 12.7 Å². The first-order valence-electron chi connectivity index (χ1n) is 7.27. The molecule has 1 aromatic carbocycles. The van der Waals surface area contributed by atoms with Crippen LogP contribution < -0.4 is 10.1 Å². The number of hydrogen-bond acceptors (Lipinski definition) is 4. The summed E-state index contributed by atoms with van der Waals surface area (Å²) in [6.45, 7) is 2.59. The van der Waals surface area contributed by atoms with Crippen LogP contribution in [0.3, 0.4) is 0 Å². The minimum absolute atomic E-state index is 0.0782. The summed E-state index contributed by atoms with van der Waals surface area (Å²) in [5, 5.41) is 2.62. The molecule has 7 heteroatoms.